The van der Waals surface area contributed by atoms with Crippen molar-refractivity contribution in [2.75, 3.05) is 13.2 Å². The van der Waals surface area contributed by atoms with Crippen LogP contribution in [0, 0.1) is 19.3 Å². The molecule has 0 fully saturated rings. The molecule has 1 heterocycles. The third-order valence-electron chi connectivity index (χ3n) is 3.72. The lowest BCUT2D eigenvalue weighted by Gasteiger charge is -2.21. The minimum Gasteiger partial charge on any atom is -0.396 e. The molecule has 120 valence electrons. The van der Waals surface area contributed by atoms with E-state index >= 15 is 0 Å². The Labute approximate surface area is 130 Å². The van der Waals surface area contributed by atoms with Crippen LogP contribution in [0.25, 0.3) is 0 Å². The zero-order chi connectivity index (χ0) is 16.0. The molecule has 1 aromatic rings. The summed E-state index contributed by atoms with van der Waals surface area (Å²) >= 11 is 1.23. The Morgan fingerprint density at radius 3 is 2.57 bits per heavy atom. The summed E-state index contributed by atoms with van der Waals surface area (Å²) in [5, 5.41) is 12.0. The first-order chi connectivity index (χ1) is 9.76. The van der Waals surface area contributed by atoms with Gasteiger partial charge in [0.05, 0.1) is 0 Å². The van der Waals surface area contributed by atoms with Crippen LogP contribution in [0.1, 0.15) is 43.7 Å². The van der Waals surface area contributed by atoms with Crippen molar-refractivity contribution in [3.63, 3.8) is 0 Å². The van der Waals surface area contributed by atoms with Gasteiger partial charge in [0.1, 0.15) is 0 Å². The predicted molar refractivity (Wildman–Crippen MR) is 85.8 cm³/mol. The third-order valence-corrected chi connectivity index (χ3v) is 4.71. The van der Waals surface area contributed by atoms with Crippen LogP contribution in [0.15, 0.2) is 4.79 Å². The largest absolute Gasteiger partial charge is 0.396 e. The zero-order valence-electron chi connectivity index (χ0n) is 13.4. The molecule has 0 spiro atoms. The van der Waals surface area contributed by atoms with Crippen LogP contribution < -0.4 is 10.2 Å². The van der Waals surface area contributed by atoms with E-state index in [-0.39, 0.29) is 22.8 Å². The molecule has 0 aromatic carbocycles. The van der Waals surface area contributed by atoms with Crippen molar-refractivity contribution in [2.24, 2.45) is 5.41 Å². The highest BCUT2D eigenvalue weighted by Crippen LogP contribution is 2.20. The summed E-state index contributed by atoms with van der Waals surface area (Å²) in [6, 6.07) is 0. The van der Waals surface area contributed by atoms with Crippen LogP contribution in [0.3, 0.4) is 0 Å². The monoisotopic (exact) mass is 314 g/mol. The summed E-state index contributed by atoms with van der Waals surface area (Å²) in [5.74, 6) is -0.0352. The van der Waals surface area contributed by atoms with Gasteiger partial charge < -0.3 is 15.0 Å². The summed E-state index contributed by atoms with van der Waals surface area (Å²) < 4.78 is 1.66. The number of hydrogen-bond donors (Lipinski definition) is 2. The van der Waals surface area contributed by atoms with Gasteiger partial charge in [0, 0.05) is 36.7 Å². The van der Waals surface area contributed by atoms with E-state index in [1.807, 2.05) is 27.7 Å². The van der Waals surface area contributed by atoms with Crippen molar-refractivity contribution < 1.29 is 9.90 Å². The number of aromatic nitrogens is 1. The molecule has 0 aliphatic rings. The number of rotatable bonds is 8. The minimum absolute atomic E-state index is 0.00231. The van der Waals surface area contributed by atoms with Crippen LogP contribution >= 0.6 is 11.3 Å². The maximum absolute atomic E-state index is 11.8. The number of carbonyl (C=O) groups excluding carboxylic acids is 1. The fourth-order valence-corrected chi connectivity index (χ4v) is 2.88. The smallest absolute Gasteiger partial charge is 0.307 e. The van der Waals surface area contributed by atoms with Crippen molar-refractivity contribution >= 4 is 17.2 Å². The Morgan fingerprint density at radius 1 is 1.38 bits per heavy atom. The van der Waals surface area contributed by atoms with Gasteiger partial charge in [-0.25, -0.2) is 0 Å². The highest BCUT2D eigenvalue weighted by atomic mass is 32.1. The lowest BCUT2D eigenvalue weighted by molar-refractivity contribution is -0.121. The highest BCUT2D eigenvalue weighted by molar-refractivity contribution is 7.09. The molecule has 0 atom stereocenters. The molecule has 0 radical (unpaired) electrons. The predicted octanol–water partition coefficient (Wildman–Crippen LogP) is 1.83. The van der Waals surface area contributed by atoms with Gasteiger partial charge in [-0.2, -0.15) is 0 Å². The Kier molecular flexibility index (Phi) is 6.61. The molecule has 0 unspecified atom stereocenters. The number of hydrogen-bond acceptors (Lipinski definition) is 4. The lowest BCUT2D eigenvalue weighted by atomic mass is 9.89. The SMILES string of the molecule is Cc1sc(=O)n(CCC(=O)NCCCC(C)(C)CO)c1C. The van der Waals surface area contributed by atoms with Gasteiger partial charge in [-0.15, -0.1) is 0 Å². The summed E-state index contributed by atoms with van der Waals surface area (Å²) in [6.07, 6.45) is 2.03. The Bertz CT molecular complexity index is 532. The van der Waals surface area contributed by atoms with Crippen molar-refractivity contribution in [2.45, 2.75) is 53.5 Å². The van der Waals surface area contributed by atoms with E-state index in [0.29, 0.717) is 19.5 Å². The standard InChI is InChI=1S/C15H26N2O3S/c1-11-12(2)21-14(20)17(11)9-6-13(19)16-8-5-7-15(3,4)10-18/h18H,5-10H2,1-4H3,(H,16,19). The number of aliphatic hydroxyl groups is 1. The molecule has 0 aliphatic carbocycles. The van der Waals surface area contributed by atoms with Crippen LogP contribution in [0.2, 0.25) is 0 Å². The molecule has 1 amide bonds. The number of amides is 1. The van der Waals surface area contributed by atoms with E-state index in [0.717, 1.165) is 23.4 Å². The van der Waals surface area contributed by atoms with Crippen molar-refractivity contribution in [1.82, 2.24) is 9.88 Å². The molecule has 0 saturated carbocycles. The fraction of sp³-hybridized carbons (Fsp3) is 0.733. The van der Waals surface area contributed by atoms with E-state index in [2.05, 4.69) is 5.32 Å². The second kappa shape index (κ2) is 7.75. The van der Waals surface area contributed by atoms with Crippen LogP contribution in [-0.2, 0) is 11.3 Å². The second-order valence-electron chi connectivity index (χ2n) is 6.19. The molecule has 5 nitrogen and oxygen atoms in total. The molecule has 2 N–H and O–H groups in total. The van der Waals surface area contributed by atoms with Crippen LogP contribution in [0.4, 0.5) is 0 Å². The van der Waals surface area contributed by atoms with Crippen molar-refractivity contribution in [3.05, 3.63) is 20.2 Å². The van der Waals surface area contributed by atoms with Gasteiger partial charge in [0.2, 0.25) is 5.91 Å². The fourth-order valence-electron chi connectivity index (χ4n) is 2.02. The molecular formula is C15H26N2O3S. The normalized spacial score (nSPS) is 11.7. The van der Waals surface area contributed by atoms with Crippen LogP contribution in [-0.4, -0.2) is 28.7 Å². The van der Waals surface area contributed by atoms with Crippen LogP contribution in [0.5, 0.6) is 0 Å². The van der Waals surface area contributed by atoms with Gasteiger partial charge in [-0.05, 0) is 32.1 Å². The average Bonchev–Trinajstić information content (AvgIpc) is 2.66. The van der Waals surface area contributed by atoms with E-state index in [1.165, 1.54) is 11.3 Å². The molecule has 1 aromatic heterocycles. The van der Waals surface area contributed by atoms with E-state index in [9.17, 15) is 9.59 Å². The Balaban J connectivity index is 2.30. The van der Waals surface area contributed by atoms with E-state index in [4.69, 9.17) is 5.11 Å². The topological polar surface area (TPSA) is 71.3 Å². The lowest BCUT2D eigenvalue weighted by Crippen LogP contribution is -2.28. The third kappa shape index (κ3) is 5.63. The summed E-state index contributed by atoms with van der Waals surface area (Å²) in [7, 11) is 0. The van der Waals surface area contributed by atoms with Crippen molar-refractivity contribution in [1.29, 1.82) is 0 Å². The number of nitrogens with zero attached hydrogens (tertiary/aromatic N) is 1. The quantitative estimate of drug-likeness (QED) is 0.719. The molecule has 0 bridgehead atoms. The number of aryl methyl sites for hydroxylation is 1. The molecule has 6 heteroatoms. The second-order valence-corrected chi connectivity index (χ2v) is 7.35. The van der Waals surface area contributed by atoms with Crippen molar-refractivity contribution in [3.8, 4) is 0 Å². The maximum Gasteiger partial charge on any atom is 0.307 e. The molecule has 21 heavy (non-hydrogen) atoms. The molecule has 1 rings (SSSR count). The first-order valence-corrected chi connectivity index (χ1v) is 8.13. The van der Waals surface area contributed by atoms with Gasteiger partial charge in [-0.1, -0.05) is 25.2 Å². The summed E-state index contributed by atoms with van der Waals surface area (Å²) in [4.78, 5) is 24.5. The highest BCUT2D eigenvalue weighted by Gasteiger charge is 2.15. The summed E-state index contributed by atoms with van der Waals surface area (Å²) in [5.41, 5.74) is 0.853. The van der Waals surface area contributed by atoms with Gasteiger partial charge in [0.25, 0.3) is 0 Å². The van der Waals surface area contributed by atoms with Gasteiger partial charge in [0.15, 0.2) is 0 Å². The minimum atomic E-state index is -0.0939. The first kappa shape index (κ1) is 17.9. The average molecular weight is 314 g/mol. The van der Waals surface area contributed by atoms with E-state index < -0.39 is 0 Å². The zero-order valence-corrected chi connectivity index (χ0v) is 14.2. The number of carbonyl (C=O) groups is 1. The number of nitrogens with one attached hydrogen (secondary N) is 1. The Hall–Kier alpha value is -1.14. The van der Waals surface area contributed by atoms with Gasteiger partial charge in [-0.3, -0.25) is 9.59 Å². The molecule has 0 aliphatic heterocycles. The molecular weight excluding hydrogens is 288 g/mol. The first-order valence-electron chi connectivity index (χ1n) is 7.31. The Morgan fingerprint density at radius 2 is 2.05 bits per heavy atom. The number of thiazole rings is 1. The number of aliphatic hydroxyl groups excluding tert-OH is 1. The maximum atomic E-state index is 11.8. The molecule has 0 saturated heterocycles. The van der Waals surface area contributed by atoms with E-state index in [1.54, 1.807) is 4.57 Å². The summed E-state index contributed by atoms with van der Waals surface area (Å²) in [6.45, 7) is 9.03. The van der Waals surface area contributed by atoms with Gasteiger partial charge >= 0.3 is 4.87 Å².